The maximum atomic E-state index is 13.5. The van der Waals surface area contributed by atoms with Crippen molar-refractivity contribution in [3.63, 3.8) is 0 Å². The lowest BCUT2D eigenvalue weighted by Gasteiger charge is -2.49. The molecule has 0 aromatic heterocycles. The summed E-state index contributed by atoms with van der Waals surface area (Å²) in [5.41, 5.74) is 1.86. The highest BCUT2D eigenvalue weighted by atomic mass is 35.5. The smallest absolute Gasteiger partial charge is 0.379 e. The van der Waals surface area contributed by atoms with Crippen molar-refractivity contribution < 1.29 is 22.7 Å². The molecule has 1 amide bonds. The van der Waals surface area contributed by atoms with Crippen molar-refractivity contribution in [1.29, 1.82) is 0 Å². The van der Waals surface area contributed by atoms with E-state index in [1.165, 1.54) is 6.07 Å². The second-order valence-corrected chi connectivity index (χ2v) is 10.5. The van der Waals surface area contributed by atoms with E-state index < -0.39 is 17.7 Å². The fraction of sp³-hybridized carbons (Fsp3) is 0.519. The number of benzene rings is 2. The van der Waals surface area contributed by atoms with Crippen LogP contribution in [-0.2, 0) is 28.7 Å². The van der Waals surface area contributed by atoms with Crippen molar-refractivity contribution in [3.05, 3.63) is 64.2 Å². The molecule has 2 atom stereocenters. The van der Waals surface area contributed by atoms with Crippen LogP contribution >= 0.6 is 11.6 Å². The molecule has 5 rings (SSSR count). The Labute approximate surface area is 220 Å². The number of morpholine rings is 1. The molecule has 3 aliphatic heterocycles. The van der Waals surface area contributed by atoms with E-state index in [2.05, 4.69) is 20.0 Å². The summed E-state index contributed by atoms with van der Waals surface area (Å²) in [6, 6.07) is 11.6. The second kappa shape index (κ2) is 11.2. The normalized spacial score (nSPS) is 22.9. The molecule has 0 aliphatic carbocycles. The van der Waals surface area contributed by atoms with Gasteiger partial charge in [-0.05, 0) is 47.9 Å². The van der Waals surface area contributed by atoms with Gasteiger partial charge in [-0.1, -0.05) is 23.7 Å². The van der Waals surface area contributed by atoms with Crippen molar-refractivity contribution >= 4 is 23.2 Å². The molecule has 200 valence electrons. The van der Waals surface area contributed by atoms with Crippen molar-refractivity contribution in [1.82, 2.24) is 15.1 Å². The molecule has 1 N–H and O–H groups in total. The predicted molar refractivity (Wildman–Crippen MR) is 137 cm³/mol. The predicted octanol–water partition coefficient (Wildman–Crippen LogP) is 3.67. The monoisotopic (exact) mass is 536 g/mol. The number of fused-ring (bicyclic) bond motifs is 3. The minimum absolute atomic E-state index is 0.0975. The van der Waals surface area contributed by atoms with E-state index in [0.717, 1.165) is 50.0 Å². The lowest BCUT2D eigenvalue weighted by Crippen LogP contribution is -2.61. The van der Waals surface area contributed by atoms with Crippen molar-refractivity contribution in [2.45, 2.75) is 25.2 Å². The summed E-state index contributed by atoms with van der Waals surface area (Å²) in [6.07, 6.45) is -4.13. The van der Waals surface area contributed by atoms with Gasteiger partial charge in [0.15, 0.2) is 0 Å². The van der Waals surface area contributed by atoms with Gasteiger partial charge in [0.1, 0.15) is 0 Å². The Morgan fingerprint density at radius 1 is 1.03 bits per heavy atom. The molecule has 0 saturated carbocycles. The Hall–Kier alpha value is -2.33. The fourth-order valence-corrected chi connectivity index (χ4v) is 5.77. The highest BCUT2D eigenvalue weighted by Gasteiger charge is 2.42. The number of piperazine rings is 1. The summed E-state index contributed by atoms with van der Waals surface area (Å²) < 4.78 is 45.7. The fourth-order valence-electron chi connectivity index (χ4n) is 5.64. The standard InChI is InChI=1S/C27H32ClF3N4O2/c28-22-4-1-19(2-5-22)17-34-9-10-35-24-6-3-21(27(29,30)31)15-20(24)16-23(25(35)18-34)26(36)32-7-8-33-11-13-37-14-12-33/h1-6,15,23,25H,7-14,16-18H2,(H,32,36). The number of carbonyl (C=O) groups excluding carboxylic acids is 1. The van der Waals surface area contributed by atoms with Gasteiger partial charge >= 0.3 is 6.18 Å². The maximum absolute atomic E-state index is 13.5. The minimum Gasteiger partial charge on any atom is -0.379 e. The van der Waals surface area contributed by atoms with Crippen LogP contribution in [0.1, 0.15) is 16.7 Å². The first-order valence-electron chi connectivity index (χ1n) is 12.8. The lowest BCUT2D eigenvalue weighted by atomic mass is 9.82. The van der Waals surface area contributed by atoms with Crippen LogP contribution in [0.4, 0.5) is 18.9 Å². The highest BCUT2D eigenvalue weighted by molar-refractivity contribution is 6.30. The van der Waals surface area contributed by atoms with Gasteiger partial charge in [0.05, 0.1) is 30.7 Å². The van der Waals surface area contributed by atoms with Crippen LogP contribution in [0.15, 0.2) is 42.5 Å². The number of nitrogens with one attached hydrogen (secondary N) is 1. The van der Waals surface area contributed by atoms with Crippen LogP contribution in [0.3, 0.4) is 0 Å². The average molecular weight is 537 g/mol. The van der Waals surface area contributed by atoms with Gasteiger partial charge in [0, 0.05) is 63.1 Å². The minimum atomic E-state index is -4.42. The van der Waals surface area contributed by atoms with Gasteiger partial charge in [-0.15, -0.1) is 0 Å². The molecule has 10 heteroatoms. The number of hydrogen-bond donors (Lipinski definition) is 1. The lowest BCUT2D eigenvalue weighted by molar-refractivity contribution is -0.137. The largest absolute Gasteiger partial charge is 0.416 e. The van der Waals surface area contributed by atoms with E-state index in [-0.39, 0.29) is 11.9 Å². The Balaban J connectivity index is 1.33. The maximum Gasteiger partial charge on any atom is 0.416 e. The molecule has 6 nitrogen and oxygen atoms in total. The molecular weight excluding hydrogens is 505 g/mol. The molecule has 37 heavy (non-hydrogen) atoms. The number of ether oxygens (including phenoxy) is 1. The first-order valence-corrected chi connectivity index (χ1v) is 13.2. The second-order valence-electron chi connectivity index (χ2n) is 10.0. The molecule has 0 radical (unpaired) electrons. The Morgan fingerprint density at radius 2 is 1.78 bits per heavy atom. The number of anilines is 1. The molecule has 2 saturated heterocycles. The molecule has 2 unspecified atom stereocenters. The van der Waals surface area contributed by atoms with E-state index in [1.54, 1.807) is 6.07 Å². The van der Waals surface area contributed by atoms with Crippen LogP contribution < -0.4 is 10.2 Å². The van der Waals surface area contributed by atoms with Gasteiger partial charge < -0.3 is 15.0 Å². The Morgan fingerprint density at radius 3 is 2.51 bits per heavy atom. The molecule has 3 heterocycles. The van der Waals surface area contributed by atoms with Crippen molar-refractivity contribution in [3.8, 4) is 0 Å². The number of alkyl halides is 3. The molecule has 0 spiro atoms. The van der Waals surface area contributed by atoms with Gasteiger partial charge in [-0.2, -0.15) is 13.2 Å². The van der Waals surface area contributed by atoms with Gasteiger partial charge in [-0.25, -0.2) is 0 Å². The number of halogens is 4. The molecule has 2 fully saturated rings. The SMILES string of the molecule is O=C(NCCN1CCOCC1)C1Cc2cc(C(F)(F)F)ccc2N2CCN(Cc3ccc(Cl)cc3)CC12. The van der Waals surface area contributed by atoms with Crippen LogP contribution in [0, 0.1) is 5.92 Å². The average Bonchev–Trinajstić information content (AvgIpc) is 2.89. The van der Waals surface area contributed by atoms with E-state index >= 15 is 0 Å². The first-order chi connectivity index (χ1) is 17.8. The van der Waals surface area contributed by atoms with E-state index in [4.69, 9.17) is 16.3 Å². The third-order valence-corrected chi connectivity index (χ3v) is 7.86. The summed E-state index contributed by atoms with van der Waals surface area (Å²) in [7, 11) is 0. The van der Waals surface area contributed by atoms with Crippen LogP contribution in [-0.4, -0.2) is 80.8 Å². The summed E-state index contributed by atoms with van der Waals surface area (Å²) >= 11 is 6.03. The summed E-state index contributed by atoms with van der Waals surface area (Å²) in [5.74, 6) is -0.534. The molecule has 2 aromatic carbocycles. The topological polar surface area (TPSA) is 48.1 Å². The number of carbonyl (C=O) groups is 1. The molecule has 2 aromatic rings. The quantitative estimate of drug-likeness (QED) is 0.610. The van der Waals surface area contributed by atoms with Crippen LogP contribution in [0.5, 0.6) is 0 Å². The molecular formula is C27H32ClF3N4O2. The molecule has 3 aliphatic rings. The zero-order chi connectivity index (χ0) is 26.0. The van der Waals surface area contributed by atoms with Gasteiger partial charge in [-0.3, -0.25) is 14.6 Å². The summed E-state index contributed by atoms with van der Waals surface area (Å²) in [5, 5.41) is 3.76. The van der Waals surface area contributed by atoms with Crippen molar-refractivity contribution in [2.24, 2.45) is 5.92 Å². The zero-order valence-electron chi connectivity index (χ0n) is 20.6. The van der Waals surface area contributed by atoms with Crippen LogP contribution in [0.25, 0.3) is 0 Å². The Kier molecular flexibility index (Phi) is 7.95. The highest BCUT2D eigenvalue weighted by Crippen LogP contribution is 2.40. The molecule has 0 bridgehead atoms. The number of rotatable bonds is 6. The Bertz CT molecular complexity index is 1090. The van der Waals surface area contributed by atoms with E-state index in [9.17, 15) is 18.0 Å². The number of hydrogen-bond acceptors (Lipinski definition) is 5. The van der Waals surface area contributed by atoms with E-state index in [0.29, 0.717) is 49.9 Å². The summed E-state index contributed by atoms with van der Waals surface area (Å²) in [4.78, 5) is 20.2. The van der Waals surface area contributed by atoms with Crippen molar-refractivity contribution in [2.75, 3.05) is 63.9 Å². The third-order valence-electron chi connectivity index (χ3n) is 7.61. The van der Waals surface area contributed by atoms with Crippen LogP contribution in [0.2, 0.25) is 5.02 Å². The third kappa shape index (κ3) is 6.22. The zero-order valence-corrected chi connectivity index (χ0v) is 21.4. The summed E-state index contributed by atoms with van der Waals surface area (Å²) in [6.45, 7) is 7.08. The number of amides is 1. The van der Waals surface area contributed by atoms with E-state index in [1.807, 2.05) is 24.3 Å². The first kappa shape index (κ1) is 26.3. The number of nitrogens with zero attached hydrogens (tertiary/aromatic N) is 3. The van der Waals surface area contributed by atoms with Gasteiger partial charge in [0.25, 0.3) is 0 Å². The van der Waals surface area contributed by atoms with Gasteiger partial charge in [0.2, 0.25) is 5.91 Å².